The molecule has 1 saturated heterocycles. The molecule has 1 aromatic heterocycles. The third-order valence-corrected chi connectivity index (χ3v) is 5.17. The van der Waals surface area contributed by atoms with Gasteiger partial charge in [-0.25, -0.2) is 9.37 Å². The van der Waals surface area contributed by atoms with Crippen LogP contribution in [0.25, 0.3) is 11.3 Å². The summed E-state index contributed by atoms with van der Waals surface area (Å²) in [7, 11) is 0. The van der Waals surface area contributed by atoms with Gasteiger partial charge in [0.2, 0.25) is 11.8 Å². The van der Waals surface area contributed by atoms with Gasteiger partial charge < -0.3 is 16.0 Å². The number of nitrogens with two attached hydrogens (primary N) is 1. The maximum absolute atomic E-state index is 14.1. The lowest BCUT2D eigenvalue weighted by molar-refractivity contribution is -0.137. The maximum atomic E-state index is 14.1. The molecule has 0 saturated carbocycles. The lowest BCUT2D eigenvalue weighted by Gasteiger charge is -2.22. The Morgan fingerprint density at radius 2 is 2.11 bits per heavy atom. The molecule has 11 heteroatoms. The molecule has 0 spiro atoms. The maximum Gasteiger partial charge on any atom is 0.416 e. The second-order valence-electron chi connectivity index (χ2n) is 6.23. The normalized spacial score (nSPS) is 17.0. The molecule has 0 unspecified atom stereocenters. The quantitative estimate of drug-likeness (QED) is 0.734. The highest BCUT2D eigenvalue weighted by Crippen LogP contribution is 2.33. The lowest BCUT2D eigenvalue weighted by Crippen LogP contribution is -2.45. The molecule has 0 radical (unpaired) electrons. The number of benzene rings is 1. The van der Waals surface area contributed by atoms with Crippen molar-refractivity contribution in [2.24, 2.45) is 5.73 Å². The lowest BCUT2D eigenvalue weighted by atomic mass is 10.1. The minimum Gasteiger partial charge on any atom is -0.368 e. The molecule has 1 fully saturated rings. The Hall–Kier alpha value is -2.69. The van der Waals surface area contributed by atoms with Gasteiger partial charge in [0.05, 0.1) is 17.8 Å². The van der Waals surface area contributed by atoms with Crippen molar-refractivity contribution < 1.29 is 27.2 Å². The molecule has 2 heterocycles. The van der Waals surface area contributed by atoms with Gasteiger partial charge in [0, 0.05) is 17.5 Å². The Kier molecular flexibility index (Phi) is 5.54. The van der Waals surface area contributed by atoms with Crippen LogP contribution in [0.4, 0.5) is 22.7 Å². The van der Waals surface area contributed by atoms with E-state index in [4.69, 9.17) is 5.73 Å². The van der Waals surface area contributed by atoms with E-state index in [1.54, 1.807) is 0 Å². The topological polar surface area (TPSA) is 88.3 Å². The molecule has 28 heavy (non-hydrogen) atoms. The molecule has 1 aromatic carbocycles. The number of primary amides is 1. The van der Waals surface area contributed by atoms with Crippen LogP contribution in [-0.2, 0) is 15.8 Å². The van der Waals surface area contributed by atoms with Crippen molar-refractivity contribution in [2.75, 3.05) is 18.4 Å². The van der Waals surface area contributed by atoms with E-state index in [-0.39, 0.29) is 23.7 Å². The standard InChI is InChI=1S/C17H16F4N4O2S/c18-11-6-9(17(19,20)21)3-4-10(11)12-8-28-16(24-12)23-7-14(26)25-5-1-2-13(25)15(22)27/h3-4,6,8,13H,1-2,5,7H2,(H2,22,27)(H,23,24)/t13-/m0/s1. The molecule has 1 atom stereocenters. The molecule has 2 amide bonds. The predicted octanol–water partition coefficient (Wildman–Crippen LogP) is 2.86. The Balaban J connectivity index is 1.66. The summed E-state index contributed by atoms with van der Waals surface area (Å²) in [6, 6.07) is 1.60. The Labute approximate surface area is 161 Å². The highest BCUT2D eigenvalue weighted by molar-refractivity contribution is 7.14. The molecule has 1 aliphatic heterocycles. The van der Waals surface area contributed by atoms with Gasteiger partial charge in [-0.3, -0.25) is 9.59 Å². The number of hydrogen-bond acceptors (Lipinski definition) is 5. The van der Waals surface area contributed by atoms with E-state index < -0.39 is 29.5 Å². The largest absolute Gasteiger partial charge is 0.416 e. The van der Waals surface area contributed by atoms with E-state index in [9.17, 15) is 27.2 Å². The van der Waals surface area contributed by atoms with E-state index in [2.05, 4.69) is 10.3 Å². The van der Waals surface area contributed by atoms with Gasteiger partial charge in [0.15, 0.2) is 5.13 Å². The van der Waals surface area contributed by atoms with E-state index in [1.165, 1.54) is 10.3 Å². The van der Waals surface area contributed by atoms with Crippen LogP contribution in [0, 0.1) is 5.82 Å². The van der Waals surface area contributed by atoms with Crippen molar-refractivity contribution in [3.05, 3.63) is 35.0 Å². The van der Waals surface area contributed by atoms with Crippen LogP contribution in [-0.4, -0.2) is 40.8 Å². The number of carbonyl (C=O) groups excluding carboxylic acids is 2. The van der Waals surface area contributed by atoms with Gasteiger partial charge in [-0.05, 0) is 31.0 Å². The van der Waals surface area contributed by atoms with E-state index in [1.807, 2.05) is 0 Å². The number of halogens is 4. The number of amides is 2. The highest BCUT2D eigenvalue weighted by atomic mass is 32.1. The molecule has 3 N–H and O–H groups in total. The van der Waals surface area contributed by atoms with Crippen LogP contribution in [0.15, 0.2) is 23.6 Å². The number of alkyl halides is 3. The number of rotatable bonds is 5. The smallest absolute Gasteiger partial charge is 0.368 e. The summed E-state index contributed by atoms with van der Waals surface area (Å²) in [6.45, 7) is 0.306. The van der Waals surface area contributed by atoms with Gasteiger partial charge >= 0.3 is 6.18 Å². The average molecular weight is 416 g/mol. The Bertz CT molecular complexity index is 900. The second kappa shape index (κ2) is 7.74. The number of thiazole rings is 1. The summed E-state index contributed by atoms with van der Waals surface area (Å²) < 4.78 is 52.0. The zero-order valence-electron chi connectivity index (χ0n) is 14.4. The van der Waals surface area contributed by atoms with Gasteiger partial charge in [-0.1, -0.05) is 0 Å². The van der Waals surface area contributed by atoms with Crippen LogP contribution in [0.2, 0.25) is 0 Å². The van der Waals surface area contributed by atoms with Gasteiger partial charge in [0.1, 0.15) is 11.9 Å². The Morgan fingerprint density at radius 3 is 2.75 bits per heavy atom. The van der Waals surface area contributed by atoms with Gasteiger partial charge in [-0.15, -0.1) is 11.3 Å². The number of likely N-dealkylation sites (tertiary alicyclic amines) is 1. The monoisotopic (exact) mass is 416 g/mol. The van der Waals surface area contributed by atoms with Gasteiger partial charge in [0.25, 0.3) is 0 Å². The first-order chi connectivity index (χ1) is 13.2. The fraction of sp³-hybridized carbons (Fsp3) is 0.353. The first kappa shape index (κ1) is 20.1. The summed E-state index contributed by atoms with van der Waals surface area (Å²) in [5.41, 5.74) is 4.28. The summed E-state index contributed by atoms with van der Waals surface area (Å²) in [4.78, 5) is 29.1. The van der Waals surface area contributed by atoms with Crippen molar-refractivity contribution >= 4 is 28.3 Å². The SMILES string of the molecule is NC(=O)[C@@H]1CCCN1C(=O)CNc1nc(-c2ccc(C(F)(F)F)cc2F)cs1. The predicted molar refractivity (Wildman–Crippen MR) is 94.9 cm³/mol. The van der Waals surface area contributed by atoms with Crippen molar-refractivity contribution in [3.8, 4) is 11.3 Å². The first-order valence-electron chi connectivity index (χ1n) is 8.32. The zero-order valence-corrected chi connectivity index (χ0v) is 15.2. The molecule has 0 aliphatic carbocycles. The molecule has 150 valence electrons. The third-order valence-electron chi connectivity index (χ3n) is 4.37. The van der Waals surface area contributed by atoms with E-state index in [0.717, 1.165) is 23.5 Å². The van der Waals surface area contributed by atoms with Crippen molar-refractivity contribution in [1.82, 2.24) is 9.88 Å². The van der Waals surface area contributed by atoms with E-state index >= 15 is 0 Å². The number of nitrogens with zero attached hydrogens (tertiary/aromatic N) is 2. The van der Waals surface area contributed by atoms with Crippen molar-refractivity contribution in [2.45, 2.75) is 25.1 Å². The van der Waals surface area contributed by atoms with E-state index in [0.29, 0.717) is 30.6 Å². The molecule has 3 rings (SSSR count). The summed E-state index contributed by atoms with van der Waals surface area (Å²) >= 11 is 1.08. The fourth-order valence-corrected chi connectivity index (χ4v) is 3.70. The summed E-state index contributed by atoms with van der Waals surface area (Å²) in [5, 5.41) is 4.56. The zero-order chi connectivity index (χ0) is 20.5. The van der Waals surface area contributed by atoms with Gasteiger partial charge in [-0.2, -0.15) is 13.2 Å². The fourth-order valence-electron chi connectivity index (χ4n) is 2.99. The molecular formula is C17H16F4N4O2S. The molecule has 1 aliphatic rings. The van der Waals surface area contributed by atoms with Crippen molar-refractivity contribution in [3.63, 3.8) is 0 Å². The first-order valence-corrected chi connectivity index (χ1v) is 9.20. The number of aromatic nitrogens is 1. The Morgan fingerprint density at radius 1 is 1.36 bits per heavy atom. The van der Waals surface area contributed by atoms with Crippen LogP contribution >= 0.6 is 11.3 Å². The summed E-state index contributed by atoms with van der Waals surface area (Å²) in [5.74, 6) is -1.91. The number of carbonyl (C=O) groups is 2. The second-order valence-corrected chi connectivity index (χ2v) is 7.09. The number of nitrogens with one attached hydrogen (secondary N) is 1. The van der Waals surface area contributed by atoms with Crippen molar-refractivity contribution in [1.29, 1.82) is 0 Å². The van der Waals surface area contributed by atoms with Crippen LogP contribution in [0.3, 0.4) is 0 Å². The van der Waals surface area contributed by atoms with Crippen LogP contribution in [0.5, 0.6) is 0 Å². The molecule has 2 aromatic rings. The van der Waals surface area contributed by atoms with Crippen LogP contribution < -0.4 is 11.1 Å². The molecule has 0 bridgehead atoms. The average Bonchev–Trinajstić information content (AvgIpc) is 3.28. The van der Waals surface area contributed by atoms with Crippen LogP contribution in [0.1, 0.15) is 18.4 Å². The minimum absolute atomic E-state index is 0.0723. The number of hydrogen-bond donors (Lipinski definition) is 2. The summed E-state index contributed by atoms with van der Waals surface area (Å²) in [6.07, 6.45) is -3.42. The third kappa shape index (κ3) is 4.24. The number of anilines is 1. The highest BCUT2D eigenvalue weighted by Gasteiger charge is 2.33. The molecular weight excluding hydrogens is 400 g/mol. The minimum atomic E-state index is -4.63. The molecule has 6 nitrogen and oxygen atoms in total.